The van der Waals surface area contributed by atoms with Gasteiger partial charge in [-0.2, -0.15) is 0 Å². The average Bonchev–Trinajstić information content (AvgIpc) is 2.09. The van der Waals surface area contributed by atoms with Gasteiger partial charge in [0.15, 0.2) is 0 Å². The number of hydrogen-bond acceptors (Lipinski definition) is 3. The van der Waals surface area contributed by atoms with Gasteiger partial charge >= 0.3 is 5.97 Å². The van der Waals surface area contributed by atoms with E-state index >= 15 is 0 Å². The zero-order chi connectivity index (χ0) is 13.2. The average molecular weight is 251 g/mol. The fraction of sp³-hybridized carbons (Fsp3) is 0.933. The largest absolute Gasteiger partial charge is 0.460 e. The molecule has 18 heavy (non-hydrogen) atoms. The monoisotopic (exact) mass is 251 g/mol. The molecule has 0 aliphatic heterocycles. The summed E-state index contributed by atoms with van der Waals surface area (Å²) in [5.74, 6) is 1.33. The van der Waals surface area contributed by atoms with E-state index in [2.05, 4.69) is 0 Å². The van der Waals surface area contributed by atoms with Crippen LogP contribution in [0.3, 0.4) is 0 Å². The molecular weight excluding hydrogens is 226 g/mol. The summed E-state index contributed by atoms with van der Waals surface area (Å²) >= 11 is 0. The number of rotatable bonds is 1. The summed E-state index contributed by atoms with van der Waals surface area (Å²) in [5.41, 5.74) is 5.77. The van der Waals surface area contributed by atoms with E-state index in [1.807, 2.05) is 20.8 Å². The standard InChI is InChI=1S/C15H25NO2/c1-13(2,3)18-12(17)14-5-10-4-11(6-14)8-15(16,7-10)9-14/h10-11H,4-9,16H2,1-3H3/t10-,11+,14?,15?. The maximum Gasteiger partial charge on any atom is 0.312 e. The first-order valence-corrected chi connectivity index (χ1v) is 7.22. The first-order chi connectivity index (χ1) is 8.20. The van der Waals surface area contributed by atoms with Crippen LogP contribution in [-0.2, 0) is 9.53 Å². The summed E-state index contributed by atoms with van der Waals surface area (Å²) in [6, 6.07) is 0. The highest BCUT2D eigenvalue weighted by molar-refractivity contribution is 5.78. The Morgan fingerprint density at radius 2 is 1.72 bits per heavy atom. The van der Waals surface area contributed by atoms with Crippen molar-refractivity contribution >= 4 is 5.97 Å². The van der Waals surface area contributed by atoms with Crippen molar-refractivity contribution in [3.63, 3.8) is 0 Å². The summed E-state index contributed by atoms with van der Waals surface area (Å²) in [6.45, 7) is 5.84. The van der Waals surface area contributed by atoms with E-state index in [1.165, 1.54) is 6.42 Å². The molecule has 0 aromatic carbocycles. The van der Waals surface area contributed by atoms with E-state index in [9.17, 15) is 4.79 Å². The van der Waals surface area contributed by atoms with Crippen molar-refractivity contribution in [2.75, 3.05) is 0 Å². The third-order valence-corrected chi connectivity index (χ3v) is 4.94. The Balaban J connectivity index is 1.85. The molecule has 0 amide bonds. The van der Waals surface area contributed by atoms with Gasteiger partial charge < -0.3 is 10.5 Å². The molecule has 2 unspecified atom stereocenters. The van der Waals surface area contributed by atoms with Crippen molar-refractivity contribution in [3.05, 3.63) is 0 Å². The zero-order valence-corrected chi connectivity index (χ0v) is 11.8. The number of ether oxygens (including phenoxy) is 1. The van der Waals surface area contributed by atoms with E-state index in [4.69, 9.17) is 10.5 Å². The maximum atomic E-state index is 12.6. The highest BCUT2D eigenvalue weighted by Crippen LogP contribution is 2.61. The topological polar surface area (TPSA) is 52.3 Å². The number of carbonyl (C=O) groups is 1. The Hall–Kier alpha value is -0.570. The smallest absolute Gasteiger partial charge is 0.312 e. The van der Waals surface area contributed by atoms with Gasteiger partial charge in [0.2, 0.25) is 0 Å². The third-order valence-electron chi connectivity index (χ3n) is 4.94. The van der Waals surface area contributed by atoms with Crippen molar-refractivity contribution in [2.24, 2.45) is 23.0 Å². The Labute approximate surface area is 109 Å². The maximum absolute atomic E-state index is 12.6. The minimum absolute atomic E-state index is 0.0129. The molecule has 4 saturated carbocycles. The van der Waals surface area contributed by atoms with Crippen LogP contribution in [0.4, 0.5) is 0 Å². The lowest BCUT2D eigenvalue weighted by molar-refractivity contribution is -0.184. The minimum Gasteiger partial charge on any atom is -0.460 e. The summed E-state index contributed by atoms with van der Waals surface area (Å²) in [6.07, 6.45) is 6.39. The van der Waals surface area contributed by atoms with Crippen LogP contribution in [0.5, 0.6) is 0 Å². The normalized spacial score (nSPS) is 46.2. The van der Waals surface area contributed by atoms with Crippen LogP contribution in [0, 0.1) is 17.3 Å². The quantitative estimate of drug-likeness (QED) is 0.729. The van der Waals surface area contributed by atoms with Crippen LogP contribution in [0.1, 0.15) is 59.3 Å². The fourth-order valence-electron chi connectivity index (χ4n) is 4.96. The highest BCUT2D eigenvalue weighted by atomic mass is 16.6. The van der Waals surface area contributed by atoms with E-state index < -0.39 is 0 Å². The van der Waals surface area contributed by atoms with Crippen molar-refractivity contribution in [2.45, 2.75) is 70.4 Å². The third kappa shape index (κ3) is 1.97. The van der Waals surface area contributed by atoms with E-state index in [1.54, 1.807) is 0 Å². The second kappa shape index (κ2) is 3.50. The molecule has 0 heterocycles. The van der Waals surface area contributed by atoms with Gasteiger partial charge in [-0.25, -0.2) is 0 Å². The van der Waals surface area contributed by atoms with Crippen LogP contribution < -0.4 is 5.73 Å². The molecule has 2 N–H and O–H groups in total. The van der Waals surface area contributed by atoms with Crippen LogP contribution in [0.15, 0.2) is 0 Å². The Kier molecular flexibility index (Phi) is 2.42. The van der Waals surface area contributed by atoms with Gasteiger partial charge in [-0.1, -0.05) is 0 Å². The van der Waals surface area contributed by atoms with E-state index in [0.29, 0.717) is 11.8 Å². The Morgan fingerprint density at radius 1 is 1.17 bits per heavy atom. The Morgan fingerprint density at radius 3 is 2.17 bits per heavy atom. The molecule has 3 nitrogen and oxygen atoms in total. The molecule has 3 heteroatoms. The van der Waals surface area contributed by atoms with Gasteiger partial charge in [0.05, 0.1) is 5.41 Å². The number of esters is 1. The van der Waals surface area contributed by atoms with E-state index in [0.717, 1.165) is 32.1 Å². The molecule has 0 aromatic heterocycles. The fourth-order valence-corrected chi connectivity index (χ4v) is 4.96. The molecular formula is C15H25NO2. The Bertz CT molecular complexity index is 368. The van der Waals surface area contributed by atoms with Crippen molar-refractivity contribution < 1.29 is 9.53 Å². The van der Waals surface area contributed by atoms with Gasteiger partial charge in [-0.3, -0.25) is 4.79 Å². The molecule has 4 aliphatic rings. The lowest BCUT2D eigenvalue weighted by Gasteiger charge is -2.59. The lowest BCUT2D eigenvalue weighted by Crippen LogP contribution is -2.62. The molecule has 4 fully saturated rings. The van der Waals surface area contributed by atoms with Crippen molar-refractivity contribution in [3.8, 4) is 0 Å². The van der Waals surface area contributed by atoms with Gasteiger partial charge in [-0.15, -0.1) is 0 Å². The molecule has 4 atom stereocenters. The van der Waals surface area contributed by atoms with Gasteiger partial charge in [0, 0.05) is 5.54 Å². The first-order valence-electron chi connectivity index (χ1n) is 7.22. The predicted molar refractivity (Wildman–Crippen MR) is 69.9 cm³/mol. The molecule has 4 bridgehead atoms. The second-order valence-electron chi connectivity index (χ2n) is 8.11. The molecule has 0 saturated heterocycles. The first kappa shape index (κ1) is 12.5. The number of nitrogens with two attached hydrogens (primary N) is 1. The summed E-state index contributed by atoms with van der Waals surface area (Å²) in [5, 5.41) is 0. The minimum atomic E-state index is -0.387. The molecule has 0 radical (unpaired) electrons. The molecule has 0 spiro atoms. The summed E-state index contributed by atoms with van der Waals surface area (Å²) in [4.78, 5) is 12.6. The zero-order valence-electron chi connectivity index (χ0n) is 11.8. The predicted octanol–water partition coefficient (Wildman–Crippen LogP) is 2.63. The SMILES string of the molecule is CC(C)(C)OC(=O)C12C[C@@H]3C[C@@H](CC(N)(C3)C1)C2. The highest BCUT2D eigenvalue weighted by Gasteiger charge is 2.60. The second-order valence-corrected chi connectivity index (χ2v) is 8.11. The van der Waals surface area contributed by atoms with Crippen LogP contribution in [0.25, 0.3) is 0 Å². The summed E-state index contributed by atoms with van der Waals surface area (Å²) in [7, 11) is 0. The lowest BCUT2D eigenvalue weighted by atomic mass is 9.47. The number of hydrogen-bond donors (Lipinski definition) is 1. The van der Waals surface area contributed by atoms with Crippen molar-refractivity contribution in [1.29, 1.82) is 0 Å². The van der Waals surface area contributed by atoms with E-state index in [-0.39, 0.29) is 22.5 Å². The molecule has 102 valence electrons. The van der Waals surface area contributed by atoms with Crippen LogP contribution in [-0.4, -0.2) is 17.1 Å². The number of carbonyl (C=O) groups excluding carboxylic acids is 1. The van der Waals surface area contributed by atoms with Crippen LogP contribution in [0.2, 0.25) is 0 Å². The van der Waals surface area contributed by atoms with Crippen LogP contribution >= 0.6 is 0 Å². The van der Waals surface area contributed by atoms with Crippen molar-refractivity contribution in [1.82, 2.24) is 0 Å². The van der Waals surface area contributed by atoms with Gasteiger partial charge in [0.25, 0.3) is 0 Å². The van der Waals surface area contributed by atoms with Gasteiger partial charge in [0.1, 0.15) is 5.60 Å². The molecule has 4 aliphatic carbocycles. The van der Waals surface area contributed by atoms with Gasteiger partial charge in [-0.05, 0) is 71.1 Å². The molecule has 0 aromatic rings. The summed E-state index contributed by atoms with van der Waals surface area (Å²) < 4.78 is 5.67. The molecule has 4 rings (SSSR count).